The predicted molar refractivity (Wildman–Crippen MR) is 227 cm³/mol. The van der Waals surface area contributed by atoms with E-state index in [9.17, 15) is 28.8 Å². The molecule has 280 valence electrons. The van der Waals surface area contributed by atoms with E-state index >= 15 is 0 Å². The molecular formula is C39H28O9S7. The van der Waals surface area contributed by atoms with Gasteiger partial charge in [-0.15, -0.1) is 79.4 Å². The third-order valence-corrected chi connectivity index (χ3v) is 15.5. The van der Waals surface area contributed by atoms with E-state index in [0.717, 1.165) is 48.8 Å². The van der Waals surface area contributed by atoms with E-state index in [4.69, 9.17) is 15.3 Å². The zero-order chi connectivity index (χ0) is 39.8. The quantitative estimate of drug-likeness (QED) is 0.107. The lowest BCUT2D eigenvalue weighted by Gasteiger charge is -1.91. The number of aromatic carboxylic acids is 3. The van der Waals surface area contributed by atoms with Gasteiger partial charge in [0.05, 0.1) is 14.6 Å². The molecule has 3 N–H and O–H groups in total. The van der Waals surface area contributed by atoms with Gasteiger partial charge in [0, 0.05) is 39.0 Å². The van der Waals surface area contributed by atoms with Gasteiger partial charge in [-0.2, -0.15) is 0 Å². The van der Waals surface area contributed by atoms with Crippen LogP contribution < -0.4 is 0 Å². The largest absolute Gasteiger partial charge is 0.477 e. The van der Waals surface area contributed by atoms with Crippen LogP contribution in [0.4, 0.5) is 0 Å². The molecule has 0 saturated heterocycles. The molecule has 0 unspecified atom stereocenters. The van der Waals surface area contributed by atoms with E-state index in [1.807, 2.05) is 54.6 Å². The van der Waals surface area contributed by atoms with Gasteiger partial charge in [0.15, 0.2) is 17.3 Å². The molecule has 7 rings (SSSR count). The number of hydrogen-bond acceptors (Lipinski definition) is 13. The second-order valence-electron chi connectivity index (χ2n) is 11.1. The topological polar surface area (TPSA) is 163 Å². The summed E-state index contributed by atoms with van der Waals surface area (Å²) in [5.41, 5.74) is 0. The molecule has 7 aromatic rings. The summed E-state index contributed by atoms with van der Waals surface area (Å²) in [4.78, 5) is 76.9. The molecule has 0 bridgehead atoms. The monoisotopic (exact) mass is 864 g/mol. The van der Waals surface area contributed by atoms with Gasteiger partial charge in [-0.1, -0.05) is 0 Å². The molecule has 0 amide bonds. The van der Waals surface area contributed by atoms with E-state index in [2.05, 4.69) is 0 Å². The van der Waals surface area contributed by atoms with Crippen molar-refractivity contribution in [2.45, 2.75) is 20.8 Å². The highest BCUT2D eigenvalue weighted by atomic mass is 32.1. The molecule has 7 aromatic heterocycles. The van der Waals surface area contributed by atoms with Gasteiger partial charge in [-0.05, 0) is 118 Å². The van der Waals surface area contributed by atoms with E-state index in [-0.39, 0.29) is 17.3 Å². The highest BCUT2D eigenvalue weighted by Gasteiger charge is 2.14. The Hall–Kier alpha value is -4.94. The summed E-state index contributed by atoms with van der Waals surface area (Å²) in [7, 11) is 0. The maximum atomic E-state index is 11.3. The Bertz CT molecular complexity index is 2370. The first-order valence-electron chi connectivity index (χ1n) is 15.8. The van der Waals surface area contributed by atoms with E-state index in [0.29, 0.717) is 19.5 Å². The van der Waals surface area contributed by atoms with Crippen molar-refractivity contribution < 1.29 is 44.1 Å². The van der Waals surface area contributed by atoms with Crippen LogP contribution in [0.15, 0.2) is 84.9 Å². The van der Waals surface area contributed by atoms with Crippen LogP contribution in [0.3, 0.4) is 0 Å². The molecule has 55 heavy (non-hydrogen) atoms. The van der Waals surface area contributed by atoms with Crippen molar-refractivity contribution in [3.63, 3.8) is 0 Å². The lowest BCUT2D eigenvalue weighted by Crippen LogP contribution is -1.89. The fraction of sp³-hybridized carbons (Fsp3) is 0.0769. The van der Waals surface area contributed by atoms with Crippen molar-refractivity contribution in [3.8, 4) is 29.3 Å². The van der Waals surface area contributed by atoms with Gasteiger partial charge in [-0.25, -0.2) is 14.4 Å². The van der Waals surface area contributed by atoms with Crippen molar-refractivity contribution in [2.24, 2.45) is 0 Å². The maximum Gasteiger partial charge on any atom is 0.345 e. The van der Waals surface area contributed by atoms with Gasteiger partial charge in [-0.3, -0.25) is 14.4 Å². The molecule has 7 heterocycles. The van der Waals surface area contributed by atoms with Crippen molar-refractivity contribution >= 4 is 127 Å². The van der Waals surface area contributed by atoms with Gasteiger partial charge in [0.1, 0.15) is 14.6 Å². The normalized spacial score (nSPS) is 10.7. The summed E-state index contributed by atoms with van der Waals surface area (Å²) in [5, 5.41) is 26.6. The molecule has 0 aliphatic heterocycles. The number of hydrogen-bond donors (Lipinski definition) is 3. The highest BCUT2D eigenvalue weighted by Crippen LogP contribution is 2.40. The third-order valence-electron chi connectivity index (χ3n) is 7.10. The summed E-state index contributed by atoms with van der Waals surface area (Å²) in [6.07, 6.45) is 3.74. The van der Waals surface area contributed by atoms with Crippen LogP contribution in [0, 0.1) is 0 Å². The number of thiophene rings is 7. The molecule has 0 spiro atoms. The molecule has 0 fully saturated rings. The fourth-order valence-electron chi connectivity index (χ4n) is 4.45. The molecule has 0 aliphatic rings. The number of Topliss-reactive ketones (excluding diaryl/α,β-unsaturated/α-hetero) is 3. The Balaban J connectivity index is 0.000000160. The Morgan fingerprint density at radius 2 is 0.582 bits per heavy atom. The molecular weight excluding hydrogens is 837 g/mol. The van der Waals surface area contributed by atoms with Crippen LogP contribution in [0.25, 0.3) is 41.4 Å². The molecule has 0 radical (unpaired) electrons. The number of carbonyl (C=O) groups excluding carboxylic acids is 3. The fourth-order valence-corrected chi connectivity index (χ4v) is 10.8. The Kier molecular flexibility index (Phi) is 13.9. The molecule has 9 nitrogen and oxygen atoms in total. The second-order valence-corrected chi connectivity index (χ2v) is 18.8. The van der Waals surface area contributed by atoms with Crippen LogP contribution in [0.5, 0.6) is 0 Å². The molecule has 0 aromatic carbocycles. The number of carbonyl (C=O) groups is 6. The van der Waals surface area contributed by atoms with Crippen molar-refractivity contribution in [3.05, 3.63) is 124 Å². The van der Waals surface area contributed by atoms with Crippen molar-refractivity contribution in [2.75, 3.05) is 0 Å². The molecule has 16 heteroatoms. The predicted octanol–water partition coefficient (Wildman–Crippen LogP) is 12.4. The molecule has 0 saturated carbocycles. The summed E-state index contributed by atoms with van der Waals surface area (Å²) < 4.78 is 0. The van der Waals surface area contributed by atoms with E-state index < -0.39 is 17.9 Å². The van der Waals surface area contributed by atoms with Crippen LogP contribution in [-0.2, 0) is 0 Å². The third kappa shape index (κ3) is 11.1. The maximum absolute atomic E-state index is 11.3. The SMILES string of the molecule is CC(=O)c1ccc(-c2ccc(-c3ccc(C(=O)O)s3)s2)s1.CC(=O)c1ccc(-c2ccc(C(=O)O)s2)s1.CC(=O)c1ccc(/C=C/c2ccc(C(=O)O)s2)s1. The first-order chi connectivity index (χ1) is 26.2. The lowest BCUT2D eigenvalue weighted by atomic mass is 10.3. The average molecular weight is 865 g/mol. The van der Waals surface area contributed by atoms with Crippen molar-refractivity contribution in [1.82, 2.24) is 0 Å². The first kappa shape index (κ1) is 41.2. The minimum atomic E-state index is -0.917. The Morgan fingerprint density at radius 1 is 0.345 bits per heavy atom. The van der Waals surface area contributed by atoms with Crippen LogP contribution in [0.2, 0.25) is 0 Å². The smallest absolute Gasteiger partial charge is 0.345 e. The number of carboxylic acid groups (broad SMARTS) is 3. The summed E-state index contributed by atoms with van der Waals surface area (Å²) in [6, 6.07) is 25.2. The van der Waals surface area contributed by atoms with Gasteiger partial charge >= 0.3 is 17.9 Å². The molecule has 0 aliphatic carbocycles. The summed E-state index contributed by atoms with van der Waals surface area (Å²) >= 11 is 9.62. The number of rotatable bonds is 11. The number of ketones is 3. The van der Waals surface area contributed by atoms with Gasteiger partial charge in [0.25, 0.3) is 0 Å². The Labute approximate surface area is 342 Å². The van der Waals surface area contributed by atoms with E-state index in [1.54, 1.807) is 60.7 Å². The minimum absolute atomic E-state index is 0.0336. The average Bonchev–Trinajstić information content (AvgIpc) is 3.99. The van der Waals surface area contributed by atoms with Gasteiger partial charge < -0.3 is 15.3 Å². The first-order valence-corrected chi connectivity index (χ1v) is 21.5. The number of carboxylic acids is 3. The zero-order valence-corrected chi connectivity index (χ0v) is 34.6. The van der Waals surface area contributed by atoms with Crippen LogP contribution >= 0.6 is 79.4 Å². The second kappa shape index (κ2) is 18.6. The zero-order valence-electron chi connectivity index (χ0n) is 28.9. The van der Waals surface area contributed by atoms with Crippen LogP contribution in [0.1, 0.15) is 88.6 Å². The summed E-state index contributed by atoms with van der Waals surface area (Å²) in [5.74, 6) is -2.55. The summed E-state index contributed by atoms with van der Waals surface area (Å²) in [6.45, 7) is 4.62. The molecule has 0 atom stereocenters. The van der Waals surface area contributed by atoms with Crippen LogP contribution in [-0.4, -0.2) is 50.6 Å². The minimum Gasteiger partial charge on any atom is -0.477 e. The highest BCUT2D eigenvalue weighted by molar-refractivity contribution is 7.27. The van der Waals surface area contributed by atoms with E-state index in [1.165, 1.54) is 81.9 Å². The Morgan fingerprint density at radius 3 is 0.873 bits per heavy atom. The van der Waals surface area contributed by atoms with Gasteiger partial charge in [0.2, 0.25) is 0 Å². The lowest BCUT2D eigenvalue weighted by molar-refractivity contribution is 0.0691. The van der Waals surface area contributed by atoms with Crippen molar-refractivity contribution in [1.29, 1.82) is 0 Å². The standard InChI is InChI=1S/C15H10O3S3.C13H10O3S2.C11H8O3S2/c1-8(16)9-2-3-10(19-9)11-4-5-12(20-11)13-6-7-14(21-13)15(17)18;1-8(14)11-6-4-9(17-11)2-3-10-5-7-12(18-10)13(15)16;1-6(12)7-2-3-8(15-7)9-4-5-10(16-9)11(13)14/h2-7H,1H3,(H,17,18);2-7H,1H3,(H,15,16);2-5H,1H3,(H,13,14)/b;3-2+;.